The summed E-state index contributed by atoms with van der Waals surface area (Å²) >= 11 is 0. The van der Waals surface area contributed by atoms with Gasteiger partial charge in [-0.2, -0.15) is 10.5 Å². The van der Waals surface area contributed by atoms with Crippen LogP contribution in [0.4, 0.5) is 0 Å². The molecule has 0 aliphatic heterocycles. The zero-order valence-electron chi connectivity index (χ0n) is 13.2. The maximum absolute atomic E-state index is 7.10. The molecule has 0 fully saturated rings. The van der Waals surface area contributed by atoms with E-state index in [0.29, 0.717) is 0 Å². The Labute approximate surface area is 119 Å². The molecule has 0 saturated heterocycles. The Morgan fingerprint density at radius 2 is 1.16 bits per heavy atom. The van der Waals surface area contributed by atoms with Crippen LogP contribution in [0.3, 0.4) is 0 Å². The molecule has 0 saturated carbocycles. The molecule has 0 atom stereocenters. The number of nitrogens with two attached hydrogens (primary N) is 2. The van der Waals surface area contributed by atoms with Crippen molar-refractivity contribution < 1.29 is 4.48 Å². The molecule has 5 heteroatoms. The Bertz CT molecular complexity index is 215. The highest BCUT2D eigenvalue weighted by atomic mass is 15.3. The lowest BCUT2D eigenvalue weighted by atomic mass is 10.2. The van der Waals surface area contributed by atoms with Gasteiger partial charge in [0.1, 0.15) is 0 Å². The molecule has 0 spiro atoms. The summed E-state index contributed by atoms with van der Waals surface area (Å²) in [5.41, 5.74) is 8.31. The summed E-state index contributed by atoms with van der Waals surface area (Å²) in [7, 11) is 0. The third kappa shape index (κ3) is 16.5. The Morgan fingerprint density at radius 3 is 1.42 bits per heavy atom. The molecule has 0 heterocycles. The first-order valence-electron chi connectivity index (χ1n) is 7.12. The molecule has 0 aromatic rings. The van der Waals surface area contributed by atoms with Gasteiger partial charge in [0, 0.05) is 0 Å². The molecule has 0 aliphatic rings. The van der Waals surface area contributed by atoms with Gasteiger partial charge in [-0.25, -0.2) is 0 Å². The van der Waals surface area contributed by atoms with Crippen LogP contribution in [0.2, 0.25) is 0 Å². The molecular formula is C14H32N5+. The zero-order chi connectivity index (χ0) is 15.6. The Hall–Kier alpha value is -1.46. The van der Waals surface area contributed by atoms with E-state index in [-0.39, 0.29) is 0 Å². The van der Waals surface area contributed by atoms with Crippen molar-refractivity contribution in [3.05, 3.63) is 0 Å². The van der Waals surface area contributed by atoms with Gasteiger partial charge in [0.2, 0.25) is 0 Å². The molecule has 0 aliphatic carbocycles. The van der Waals surface area contributed by atoms with Gasteiger partial charge in [-0.3, -0.25) is 0 Å². The van der Waals surface area contributed by atoms with Gasteiger partial charge in [-0.15, -0.1) is 0 Å². The second kappa shape index (κ2) is 18.9. The smallest absolute Gasteiger partial charge is 0.173 e. The van der Waals surface area contributed by atoms with Crippen LogP contribution in [0.1, 0.15) is 53.4 Å². The molecule has 5 nitrogen and oxygen atoms in total. The summed E-state index contributed by atoms with van der Waals surface area (Å²) in [6.45, 7) is 14.6. The standard InChI is InChI=1S/C12H28N.2CH2N2/c1-5-9-10-11-12-13(6-2,7-3)8-4;2*2-1-3/h5-12H2,1-4H3;2*2H2/q+1;;. The number of hydrogen-bond acceptors (Lipinski definition) is 4. The van der Waals surface area contributed by atoms with Gasteiger partial charge in [0.05, 0.1) is 26.2 Å². The van der Waals surface area contributed by atoms with Crippen LogP contribution >= 0.6 is 0 Å². The van der Waals surface area contributed by atoms with E-state index in [0.717, 1.165) is 0 Å². The van der Waals surface area contributed by atoms with E-state index in [4.69, 9.17) is 10.5 Å². The molecule has 0 amide bonds. The van der Waals surface area contributed by atoms with E-state index in [1.54, 1.807) is 0 Å². The second-order valence-corrected chi connectivity index (χ2v) is 4.33. The minimum Gasteiger partial charge on any atom is -0.337 e. The van der Waals surface area contributed by atoms with Crippen LogP contribution in [0, 0.1) is 22.9 Å². The van der Waals surface area contributed by atoms with Gasteiger partial charge in [0.25, 0.3) is 0 Å². The van der Waals surface area contributed by atoms with E-state index in [1.165, 1.54) is 68.7 Å². The van der Waals surface area contributed by atoms with Crippen molar-refractivity contribution in [2.24, 2.45) is 11.5 Å². The fourth-order valence-corrected chi connectivity index (χ4v) is 2.02. The van der Waals surface area contributed by atoms with Gasteiger partial charge in [0.15, 0.2) is 12.4 Å². The second-order valence-electron chi connectivity index (χ2n) is 4.33. The van der Waals surface area contributed by atoms with Crippen molar-refractivity contribution >= 4 is 0 Å². The highest BCUT2D eigenvalue weighted by molar-refractivity contribution is 4.47. The molecule has 0 aromatic carbocycles. The van der Waals surface area contributed by atoms with Crippen LogP contribution in [-0.4, -0.2) is 30.7 Å². The molecule has 0 rings (SSSR count). The fraction of sp³-hybridized carbons (Fsp3) is 0.857. The van der Waals surface area contributed by atoms with Crippen molar-refractivity contribution in [3.8, 4) is 12.4 Å². The number of quaternary nitrogens is 1. The minimum absolute atomic E-state index is 1.25. The third-order valence-corrected chi connectivity index (χ3v) is 3.50. The number of nitriles is 2. The maximum atomic E-state index is 7.10. The minimum atomic E-state index is 1.25. The SMILES string of the molecule is CCCCCC[N+](CC)(CC)CC.N#CN.N#CN. The summed E-state index contributed by atoms with van der Waals surface area (Å²) in [6.07, 6.45) is 8.11. The summed E-state index contributed by atoms with van der Waals surface area (Å²) in [4.78, 5) is 0. The van der Waals surface area contributed by atoms with Gasteiger partial charge in [-0.1, -0.05) is 19.8 Å². The largest absolute Gasteiger partial charge is 0.337 e. The first-order chi connectivity index (χ1) is 9.07. The van der Waals surface area contributed by atoms with Gasteiger partial charge >= 0.3 is 0 Å². The Kier molecular flexibility index (Phi) is 22.6. The van der Waals surface area contributed by atoms with E-state index >= 15 is 0 Å². The molecule has 0 radical (unpaired) electrons. The third-order valence-electron chi connectivity index (χ3n) is 3.50. The van der Waals surface area contributed by atoms with Crippen molar-refractivity contribution in [1.29, 1.82) is 10.5 Å². The summed E-state index contributed by atoms with van der Waals surface area (Å²) in [5.74, 6) is 0. The first kappa shape index (κ1) is 22.7. The molecule has 0 unspecified atom stereocenters. The Balaban J connectivity index is -0.000000360. The summed E-state index contributed by atoms with van der Waals surface area (Å²) < 4.78 is 1.32. The van der Waals surface area contributed by atoms with Crippen LogP contribution in [-0.2, 0) is 0 Å². The number of nitrogens with zero attached hydrogens (tertiary/aromatic N) is 3. The van der Waals surface area contributed by atoms with Crippen molar-refractivity contribution in [2.75, 3.05) is 26.2 Å². The Morgan fingerprint density at radius 1 is 0.789 bits per heavy atom. The summed E-state index contributed by atoms with van der Waals surface area (Å²) in [6, 6.07) is 0. The van der Waals surface area contributed by atoms with Gasteiger partial charge < -0.3 is 16.0 Å². The van der Waals surface area contributed by atoms with Crippen LogP contribution < -0.4 is 11.5 Å². The molecular weight excluding hydrogens is 238 g/mol. The average molecular weight is 270 g/mol. The van der Waals surface area contributed by atoms with Crippen molar-refractivity contribution in [2.45, 2.75) is 53.4 Å². The normalized spacial score (nSPS) is 8.95. The monoisotopic (exact) mass is 270 g/mol. The quantitative estimate of drug-likeness (QED) is 0.306. The molecule has 112 valence electrons. The van der Waals surface area contributed by atoms with Crippen LogP contribution in [0.5, 0.6) is 0 Å². The number of hydrogen-bond donors (Lipinski definition) is 2. The lowest BCUT2D eigenvalue weighted by molar-refractivity contribution is -0.923. The zero-order valence-corrected chi connectivity index (χ0v) is 13.2. The molecule has 19 heavy (non-hydrogen) atoms. The van der Waals surface area contributed by atoms with Crippen LogP contribution in [0.25, 0.3) is 0 Å². The highest BCUT2D eigenvalue weighted by Gasteiger charge is 2.19. The number of unbranched alkanes of at least 4 members (excludes halogenated alkanes) is 3. The molecule has 0 aromatic heterocycles. The maximum Gasteiger partial charge on any atom is 0.173 e. The predicted molar refractivity (Wildman–Crippen MR) is 80.5 cm³/mol. The topological polar surface area (TPSA) is 99.6 Å². The first-order valence-corrected chi connectivity index (χ1v) is 7.12. The fourth-order valence-electron chi connectivity index (χ4n) is 2.02. The average Bonchev–Trinajstić information content (AvgIpc) is 2.42. The number of rotatable bonds is 8. The van der Waals surface area contributed by atoms with Crippen LogP contribution in [0.15, 0.2) is 0 Å². The van der Waals surface area contributed by atoms with Crippen molar-refractivity contribution in [3.63, 3.8) is 0 Å². The van der Waals surface area contributed by atoms with E-state index in [2.05, 4.69) is 39.2 Å². The van der Waals surface area contributed by atoms with Crippen molar-refractivity contribution in [1.82, 2.24) is 0 Å². The summed E-state index contributed by atoms with van der Waals surface area (Å²) in [5, 5.41) is 14.2. The van der Waals surface area contributed by atoms with Gasteiger partial charge in [-0.05, 0) is 33.6 Å². The molecule has 4 N–H and O–H groups in total. The lowest BCUT2D eigenvalue weighted by Gasteiger charge is -2.35. The highest BCUT2D eigenvalue weighted by Crippen LogP contribution is 2.10. The van der Waals surface area contributed by atoms with E-state index in [1.807, 2.05) is 0 Å². The lowest BCUT2D eigenvalue weighted by Crippen LogP contribution is -2.48. The molecule has 0 bridgehead atoms. The van der Waals surface area contributed by atoms with E-state index < -0.39 is 0 Å². The predicted octanol–water partition coefficient (Wildman–Crippen LogP) is 2.30. The van der Waals surface area contributed by atoms with E-state index in [9.17, 15) is 0 Å².